The quantitative estimate of drug-likeness (QED) is 0.271. The van der Waals surface area contributed by atoms with Gasteiger partial charge in [-0.25, -0.2) is 0 Å². The van der Waals surface area contributed by atoms with Crippen LogP contribution in [0.15, 0.2) is 12.2 Å². The van der Waals surface area contributed by atoms with Gasteiger partial charge in [0.15, 0.2) is 0 Å². The molecule has 0 aliphatic carbocycles. The monoisotopic (exact) mass is 218 g/mol. The summed E-state index contributed by atoms with van der Waals surface area (Å²) < 4.78 is 4.81. The van der Waals surface area contributed by atoms with Crippen LogP contribution in [0.4, 0.5) is 0 Å². The predicted octanol–water partition coefficient (Wildman–Crippen LogP) is 3.30. The van der Waals surface area contributed by atoms with Crippen molar-refractivity contribution in [1.29, 1.82) is 0 Å². The Morgan fingerprint density at radius 3 is 2.57 bits per heavy atom. The predicted molar refractivity (Wildman–Crippen MR) is 59.6 cm³/mol. The van der Waals surface area contributed by atoms with Gasteiger partial charge in [0.2, 0.25) is 0 Å². The number of allylic oxidation sites excluding steroid dienone is 2. The summed E-state index contributed by atoms with van der Waals surface area (Å²) in [7, 11) is 0. The molecule has 0 radical (unpaired) electrons. The summed E-state index contributed by atoms with van der Waals surface area (Å²) in [5, 5.41) is 0. The standard InChI is InChI=1S/C11H19ClO2/c1-11(13)14-10-8-6-4-2-3-5-7-9-12/h3,5H,2,4,6-10H2,1H3/b5-3-. The Balaban J connectivity index is 3.02. The highest BCUT2D eigenvalue weighted by molar-refractivity contribution is 6.17. The van der Waals surface area contributed by atoms with Crippen molar-refractivity contribution in [3.63, 3.8) is 0 Å². The number of alkyl halides is 1. The number of carbonyl (C=O) groups is 1. The van der Waals surface area contributed by atoms with E-state index >= 15 is 0 Å². The van der Waals surface area contributed by atoms with Gasteiger partial charge in [-0.05, 0) is 32.1 Å². The van der Waals surface area contributed by atoms with E-state index < -0.39 is 0 Å². The molecule has 0 heterocycles. The molecule has 0 aromatic rings. The van der Waals surface area contributed by atoms with Crippen LogP contribution in [0, 0.1) is 0 Å². The lowest BCUT2D eigenvalue weighted by Gasteiger charge is -2.00. The maximum atomic E-state index is 10.4. The fourth-order valence-electron chi connectivity index (χ4n) is 1.06. The van der Waals surface area contributed by atoms with Gasteiger partial charge >= 0.3 is 5.97 Å². The summed E-state index contributed by atoms with van der Waals surface area (Å²) in [6, 6.07) is 0. The molecule has 0 atom stereocenters. The molecule has 0 spiro atoms. The zero-order chi connectivity index (χ0) is 10.6. The number of unbranched alkanes of at least 4 members (excludes halogenated alkanes) is 3. The van der Waals surface area contributed by atoms with Crippen molar-refractivity contribution in [2.75, 3.05) is 12.5 Å². The summed E-state index contributed by atoms with van der Waals surface area (Å²) >= 11 is 5.51. The molecule has 0 amide bonds. The highest BCUT2D eigenvalue weighted by Crippen LogP contribution is 2.01. The van der Waals surface area contributed by atoms with E-state index in [-0.39, 0.29) is 5.97 Å². The van der Waals surface area contributed by atoms with Crippen molar-refractivity contribution >= 4 is 17.6 Å². The first kappa shape index (κ1) is 13.5. The van der Waals surface area contributed by atoms with E-state index in [1.165, 1.54) is 6.92 Å². The molecule has 0 rings (SSSR count). The molecule has 0 saturated heterocycles. The Bertz CT molecular complexity index is 167. The Morgan fingerprint density at radius 2 is 1.93 bits per heavy atom. The molecule has 0 aromatic carbocycles. The molecule has 0 saturated carbocycles. The molecular formula is C11H19ClO2. The molecule has 0 N–H and O–H groups in total. The third kappa shape index (κ3) is 11.5. The largest absolute Gasteiger partial charge is 0.466 e. The smallest absolute Gasteiger partial charge is 0.302 e. The van der Waals surface area contributed by atoms with E-state index in [1.807, 2.05) is 0 Å². The van der Waals surface area contributed by atoms with Crippen LogP contribution in [-0.2, 0) is 9.53 Å². The number of rotatable bonds is 8. The highest BCUT2D eigenvalue weighted by atomic mass is 35.5. The second-order valence-corrected chi connectivity index (χ2v) is 3.52. The summed E-state index contributed by atoms with van der Waals surface area (Å²) in [6.45, 7) is 2.00. The van der Waals surface area contributed by atoms with E-state index in [1.54, 1.807) is 0 Å². The third-order valence-corrected chi connectivity index (χ3v) is 1.98. The minimum atomic E-state index is -0.188. The average molecular weight is 219 g/mol. The van der Waals surface area contributed by atoms with Gasteiger partial charge in [-0.1, -0.05) is 12.2 Å². The van der Waals surface area contributed by atoms with Gasteiger partial charge < -0.3 is 4.74 Å². The zero-order valence-electron chi connectivity index (χ0n) is 8.80. The Labute approximate surface area is 91.3 Å². The SMILES string of the molecule is CC(=O)OCCCCC/C=C\CCCl. The summed E-state index contributed by atoms with van der Waals surface area (Å²) in [6.07, 6.45) is 9.54. The third-order valence-electron chi connectivity index (χ3n) is 1.76. The van der Waals surface area contributed by atoms with Gasteiger partial charge in [0.25, 0.3) is 0 Å². The molecule has 0 aromatic heterocycles. The zero-order valence-corrected chi connectivity index (χ0v) is 9.55. The van der Waals surface area contributed by atoms with E-state index in [9.17, 15) is 4.79 Å². The Morgan fingerprint density at radius 1 is 1.21 bits per heavy atom. The van der Waals surface area contributed by atoms with Crippen molar-refractivity contribution in [1.82, 2.24) is 0 Å². The van der Waals surface area contributed by atoms with Gasteiger partial charge in [-0.15, -0.1) is 11.6 Å². The number of halogens is 1. The van der Waals surface area contributed by atoms with Crippen molar-refractivity contribution in [2.24, 2.45) is 0 Å². The van der Waals surface area contributed by atoms with Gasteiger partial charge in [0.05, 0.1) is 6.61 Å². The maximum Gasteiger partial charge on any atom is 0.302 e. The van der Waals surface area contributed by atoms with Crippen molar-refractivity contribution in [3.8, 4) is 0 Å². The van der Waals surface area contributed by atoms with Gasteiger partial charge in [-0.3, -0.25) is 4.79 Å². The first-order valence-corrected chi connectivity index (χ1v) is 5.65. The minimum absolute atomic E-state index is 0.188. The Kier molecular flexibility index (Phi) is 10.2. The van der Waals surface area contributed by atoms with Gasteiger partial charge in [0.1, 0.15) is 0 Å². The summed E-state index contributed by atoms with van der Waals surface area (Å²) in [5.41, 5.74) is 0. The summed E-state index contributed by atoms with van der Waals surface area (Å²) in [4.78, 5) is 10.4. The number of hydrogen-bond donors (Lipinski definition) is 0. The average Bonchev–Trinajstić information content (AvgIpc) is 2.15. The second-order valence-electron chi connectivity index (χ2n) is 3.14. The lowest BCUT2D eigenvalue weighted by atomic mass is 10.2. The van der Waals surface area contributed by atoms with Crippen LogP contribution < -0.4 is 0 Å². The normalized spacial score (nSPS) is 10.7. The van der Waals surface area contributed by atoms with Crippen molar-refractivity contribution in [3.05, 3.63) is 12.2 Å². The van der Waals surface area contributed by atoms with Crippen LogP contribution in [0.3, 0.4) is 0 Å². The maximum absolute atomic E-state index is 10.4. The number of hydrogen-bond acceptors (Lipinski definition) is 2. The van der Waals surface area contributed by atoms with Crippen LogP contribution in [0.5, 0.6) is 0 Å². The molecule has 2 nitrogen and oxygen atoms in total. The van der Waals surface area contributed by atoms with E-state index in [2.05, 4.69) is 12.2 Å². The van der Waals surface area contributed by atoms with Crippen LogP contribution in [0.25, 0.3) is 0 Å². The topological polar surface area (TPSA) is 26.3 Å². The van der Waals surface area contributed by atoms with Crippen LogP contribution in [0.2, 0.25) is 0 Å². The highest BCUT2D eigenvalue weighted by Gasteiger charge is 1.91. The van der Waals surface area contributed by atoms with E-state index in [0.717, 1.165) is 32.1 Å². The second kappa shape index (κ2) is 10.6. The number of carbonyl (C=O) groups excluding carboxylic acids is 1. The van der Waals surface area contributed by atoms with Gasteiger partial charge in [-0.2, -0.15) is 0 Å². The molecule has 0 aliphatic rings. The van der Waals surface area contributed by atoms with E-state index in [4.69, 9.17) is 16.3 Å². The molecule has 0 bridgehead atoms. The summed E-state index contributed by atoms with van der Waals surface area (Å²) in [5.74, 6) is 0.509. The lowest BCUT2D eigenvalue weighted by Crippen LogP contribution is -1.99. The first-order valence-electron chi connectivity index (χ1n) is 5.11. The minimum Gasteiger partial charge on any atom is -0.466 e. The van der Waals surface area contributed by atoms with Crippen molar-refractivity contribution < 1.29 is 9.53 Å². The fourth-order valence-corrected chi connectivity index (χ4v) is 1.18. The Hall–Kier alpha value is -0.500. The lowest BCUT2D eigenvalue weighted by molar-refractivity contribution is -0.141. The van der Waals surface area contributed by atoms with E-state index in [0.29, 0.717) is 12.5 Å². The molecule has 0 fully saturated rings. The molecule has 0 aliphatic heterocycles. The van der Waals surface area contributed by atoms with Crippen molar-refractivity contribution in [2.45, 2.75) is 39.0 Å². The number of esters is 1. The molecule has 0 unspecified atom stereocenters. The fraction of sp³-hybridized carbons (Fsp3) is 0.727. The molecule has 3 heteroatoms. The first-order chi connectivity index (χ1) is 6.77. The van der Waals surface area contributed by atoms with Crippen LogP contribution >= 0.6 is 11.6 Å². The number of ether oxygens (including phenoxy) is 1. The molecule has 82 valence electrons. The van der Waals surface area contributed by atoms with Crippen LogP contribution in [-0.4, -0.2) is 18.5 Å². The van der Waals surface area contributed by atoms with Crippen LogP contribution in [0.1, 0.15) is 39.0 Å². The van der Waals surface area contributed by atoms with Gasteiger partial charge in [0, 0.05) is 12.8 Å². The molecular weight excluding hydrogens is 200 g/mol. The molecule has 14 heavy (non-hydrogen) atoms.